The molecular weight excluding hydrogens is 432 g/mol. The van der Waals surface area contributed by atoms with Gasteiger partial charge in [0.15, 0.2) is 0 Å². The van der Waals surface area contributed by atoms with Gasteiger partial charge in [-0.1, -0.05) is 0 Å². The number of aromatic nitrogens is 3. The van der Waals surface area contributed by atoms with Crippen molar-refractivity contribution in [3.8, 4) is 5.75 Å². The van der Waals surface area contributed by atoms with Crippen molar-refractivity contribution in [2.45, 2.75) is 76.0 Å². The average molecular weight is 463 g/mol. The van der Waals surface area contributed by atoms with Gasteiger partial charge in [0.1, 0.15) is 17.1 Å². The number of pyridine rings is 2. The molecule has 1 unspecified atom stereocenters. The highest BCUT2D eigenvalue weighted by atomic mass is 16.5. The number of hydrogen-bond donors (Lipinski definition) is 1. The maximum atomic E-state index is 13.3. The summed E-state index contributed by atoms with van der Waals surface area (Å²) in [5.41, 5.74) is 2.05. The molecule has 8 nitrogen and oxygen atoms in total. The lowest BCUT2D eigenvalue weighted by Gasteiger charge is -2.24. The van der Waals surface area contributed by atoms with Gasteiger partial charge < -0.3 is 23.8 Å². The Hall–Kier alpha value is -3.13. The molecule has 1 saturated heterocycles. The topological polar surface area (TPSA) is 86.9 Å². The lowest BCUT2D eigenvalue weighted by molar-refractivity contribution is -0.00627. The predicted octanol–water partition coefficient (Wildman–Crippen LogP) is 4.08. The molecule has 6 rings (SSSR count). The molecule has 3 aromatic rings. The summed E-state index contributed by atoms with van der Waals surface area (Å²) in [7, 11) is 0. The second-order valence-corrected chi connectivity index (χ2v) is 10.6. The first kappa shape index (κ1) is 21.4. The summed E-state index contributed by atoms with van der Waals surface area (Å²) in [5.74, 6) is 0.0706. The Morgan fingerprint density at radius 1 is 1.29 bits per heavy atom. The van der Waals surface area contributed by atoms with Crippen molar-refractivity contribution < 1.29 is 14.3 Å². The lowest BCUT2D eigenvalue weighted by atomic mass is 9.84. The highest BCUT2D eigenvalue weighted by Crippen LogP contribution is 2.53. The van der Waals surface area contributed by atoms with Crippen molar-refractivity contribution in [1.29, 1.82) is 0 Å². The minimum atomic E-state index is -0.380. The van der Waals surface area contributed by atoms with Crippen LogP contribution in [-0.4, -0.2) is 38.2 Å². The maximum Gasteiger partial charge on any atom is 0.274 e. The summed E-state index contributed by atoms with van der Waals surface area (Å²) in [6.07, 6.45) is 10.5. The van der Waals surface area contributed by atoms with E-state index in [1.165, 1.54) is 0 Å². The van der Waals surface area contributed by atoms with Gasteiger partial charge in [0.05, 0.1) is 29.6 Å². The zero-order chi connectivity index (χ0) is 23.7. The third-order valence-corrected chi connectivity index (χ3v) is 7.41. The largest absolute Gasteiger partial charge is 0.490 e. The van der Waals surface area contributed by atoms with Crippen LogP contribution in [0, 0.1) is 0 Å². The van der Waals surface area contributed by atoms with Crippen LogP contribution < -0.4 is 15.6 Å². The summed E-state index contributed by atoms with van der Waals surface area (Å²) in [6, 6.07) is 5.49. The Morgan fingerprint density at radius 3 is 2.76 bits per heavy atom. The number of hydrogen-bond acceptors (Lipinski definition) is 5. The molecular formula is C26H30N4O4. The zero-order valence-electron chi connectivity index (χ0n) is 19.8. The number of amides is 1. The molecule has 4 heterocycles. The number of nitrogens with one attached hydrogen (secondary N) is 1. The smallest absolute Gasteiger partial charge is 0.274 e. The Kier molecular flexibility index (Phi) is 4.68. The van der Waals surface area contributed by atoms with E-state index in [-0.39, 0.29) is 40.3 Å². The van der Waals surface area contributed by atoms with E-state index in [2.05, 4.69) is 12.2 Å². The molecule has 0 radical (unpaired) electrons. The number of carbonyl (C=O) groups excluding carboxylic acids is 1. The van der Waals surface area contributed by atoms with Crippen molar-refractivity contribution in [2.24, 2.45) is 0 Å². The van der Waals surface area contributed by atoms with Crippen LogP contribution in [0.15, 0.2) is 41.6 Å². The molecule has 8 heteroatoms. The number of carbonyl (C=O) groups is 1. The first-order valence-corrected chi connectivity index (χ1v) is 12.1. The van der Waals surface area contributed by atoms with Crippen molar-refractivity contribution in [3.05, 3.63) is 58.4 Å². The highest BCUT2D eigenvalue weighted by molar-refractivity contribution is 6.06. The van der Waals surface area contributed by atoms with E-state index in [0.717, 1.165) is 43.4 Å². The maximum absolute atomic E-state index is 13.3. The Morgan fingerprint density at radius 2 is 2.12 bits per heavy atom. The van der Waals surface area contributed by atoms with Crippen LogP contribution >= 0.6 is 0 Å². The molecule has 3 fully saturated rings. The number of anilines is 1. The third-order valence-electron chi connectivity index (χ3n) is 7.41. The Labute approximate surface area is 197 Å². The summed E-state index contributed by atoms with van der Waals surface area (Å²) >= 11 is 0. The van der Waals surface area contributed by atoms with E-state index < -0.39 is 0 Å². The molecule has 1 N–H and O–H groups in total. The fourth-order valence-corrected chi connectivity index (χ4v) is 5.48. The van der Waals surface area contributed by atoms with E-state index in [9.17, 15) is 9.59 Å². The Balaban J connectivity index is 1.37. The zero-order valence-corrected chi connectivity index (χ0v) is 19.8. The van der Waals surface area contributed by atoms with E-state index in [0.29, 0.717) is 17.9 Å². The van der Waals surface area contributed by atoms with Gasteiger partial charge >= 0.3 is 0 Å². The first-order valence-electron chi connectivity index (χ1n) is 12.1. The van der Waals surface area contributed by atoms with Gasteiger partial charge in [-0.2, -0.15) is 0 Å². The second-order valence-electron chi connectivity index (χ2n) is 10.6. The molecule has 0 spiro atoms. The summed E-state index contributed by atoms with van der Waals surface area (Å²) in [4.78, 5) is 31.1. The minimum Gasteiger partial charge on any atom is -0.490 e. The van der Waals surface area contributed by atoms with Gasteiger partial charge in [0.25, 0.3) is 11.5 Å². The van der Waals surface area contributed by atoms with E-state index in [4.69, 9.17) is 14.5 Å². The quantitative estimate of drug-likeness (QED) is 0.597. The first-order chi connectivity index (χ1) is 16.3. The summed E-state index contributed by atoms with van der Waals surface area (Å²) in [5, 5.41) is 2.81. The Bertz CT molecular complexity index is 1340. The fourth-order valence-electron chi connectivity index (χ4n) is 5.48. The van der Waals surface area contributed by atoms with Crippen molar-refractivity contribution in [3.63, 3.8) is 0 Å². The standard InChI is InChI=1S/C26H30N4O4/c1-16(2)34-20-11-22-28-21(26-9-8-25(3,14-26)33-15-26)13-29(22)12-18(20)23(31)27-19-5-4-10-30(24(19)32)17-6-7-17/h4-5,10-13,16-17H,6-9,14-15H2,1-3H3,(H,27,31)/t25-,26?/m0/s1. The van der Waals surface area contributed by atoms with Gasteiger partial charge in [-0.3, -0.25) is 9.59 Å². The number of nitrogens with zero attached hydrogens (tertiary/aromatic N) is 3. The molecule has 2 saturated carbocycles. The van der Waals surface area contributed by atoms with Crippen LogP contribution in [0.5, 0.6) is 5.75 Å². The predicted molar refractivity (Wildman–Crippen MR) is 128 cm³/mol. The molecule has 2 atom stereocenters. The molecule has 2 aliphatic carbocycles. The molecule has 0 aromatic carbocycles. The molecule has 3 aliphatic rings. The normalized spacial score (nSPS) is 25.9. The van der Waals surface area contributed by atoms with Gasteiger partial charge in [-0.25, -0.2) is 4.98 Å². The number of ether oxygens (including phenoxy) is 2. The van der Waals surface area contributed by atoms with Crippen molar-refractivity contribution in [1.82, 2.24) is 14.0 Å². The molecule has 2 bridgehead atoms. The molecule has 1 amide bonds. The highest BCUT2D eigenvalue weighted by Gasteiger charge is 2.55. The number of imidazole rings is 1. The van der Waals surface area contributed by atoms with Crippen LogP contribution in [0.2, 0.25) is 0 Å². The molecule has 1 aliphatic heterocycles. The van der Waals surface area contributed by atoms with Crippen LogP contribution in [0.3, 0.4) is 0 Å². The summed E-state index contributed by atoms with van der Waals surface area (Å²) in [6.45, 7) is 6.69. The van der Waals surface area contributed by atoms with E-state index in [1.807, 2.05) is 30.5 Å². The van der Waals surface area contributed by atoms with Gasteiger partial charge in [0, 0.05) is 36.1 Å². The second kappa shape index (κ2) is 7.43. The van der Waals surface area contributed by atoms with Crippen molar-refractivity contribution in [2.75, 3.05) is 11.9 Å². The number of rotatable bonds is 6. The minimum absolute atomic E-state index is 0.0597. The molecule has 34 heavy (non-hydrogen) atoms. The average Bonchev–Trinajstić information content (AvgIpc) is 3.32. The molecule has 178 valence electrons. The van der Waals surface area contributed by atoms with Gasteiger partial charge in [-0.05, 0) is 65.0 Å². The third kappa shape index (κ3) is 3.52. The van der Waals surface area contributed by atoms with Crippen LogP contribution in [0.4, 0.5) is 5.69 Å². The summed E-state index contributed by atoms with van der Waals surface area (Å²) < 4.78 is 15.7. The van der Waals surface area contributed by atoms with Crippen LogP contribution in [0.1, 0.15) is 75.0 Å². The van der Waals surface area contributed by atoms with Gasteiger partial charge in [-0.15, -0.1) is 0 Å². The monoisotopic (exact) mass is 462 g/mol. The van der Waals surface area contributed by atoms with E-state index in [1.54, 1.807) is 29.1 Å². The van der Waals surface area contributed by atoms with E-state index >= 15 is 0 Å². The van der Waals surface area contributed by atoms with Crippen LogP contribution in [-0.2, 0) is 10.2 Å². The molecule has 3 aromatic heterocycles. The van der Waals surface area contributed by atoms with Crippen LogP contribution in [0.25, 0.3) is 5.65 Å². The SMILES string of the molecule is CC(C)Oc1cc2nc(C34CC[C@@](C)(C3)OC4)cn2cc1C(=O)Nc1cccn(C2CC2)c1=O. The van der Waals surface area contributed by atoms with Crippen molar-refractivity contribution >= 4 is 17.2 Å². The lowest BCUT2D eigenvalue weighted by Crippen LogP contribution is -2.26. The fraction of sp³-hybridized carbons (Fsp3) is 0.500. The van der Waals surface area contributed by atoms with Gasteiger partial charge in [0.2, 0.25) is 0 Å². The number of fused-ring (bicyclic) bond motifs is 3.